The van der Waals surface area contributed by atoms with Crippen molar-refractivity contribution in [1.82, 2.24) is 4.90 Å². The molecule has 1 fully saturated rings. The van der Waals surface area contributed by atoms with Crippen LogP contribution in [0.15, 0.2) is 54.6 Å². The highest BCUT2D eigenvalue weighted by Crippen LogP contribution is 2.25. The predicted molar refractivity (Wildman–Crippen MR) is 96.5 cm³/mol. The molecule has 130 valence electrons. The molecule has 3 amide bonds. The number of para-hydroxylation sites is 3. The Morgan fingerprint density at radius 1 is 0.920 bits per heavy atom. The van der Waals surface area contributed by atoms with Crippen molar-refractivity contribution < 1.29 is 14.7 Å². The summed E-state index contributed by atoms with van der Waals surface area (Å²) in [7, 11) is 0. The van der Waals surface area contributed by atoms with E-state index in [1.807, 2.05) is 30.3 Å². The van der Waals surface area contributed by atoms with Crippen molar-refractivity contribution in [2.75, 3.05) is 23.7 Å². The number of carbonyl (C=O) groups excluding carboxylic acids is 2. The normalized spacial score (nSPS) is 14.8. The molecule has 0 aliphatic carbocycles. The van der Waals surface area contributed by atoms with Gasteiger partial charge in [0.1, 0.15) is 5.75 Å². The molecule has 1 saturated heterocycles. The summed E-state index contributed by atoms with van der Waals surface area (Å²) in [6.45, 7) is 1.05. The molecule has 0 bridgehead atoms. The van der Waals surface area contributed by atoms with E-state index >= 15 is 0 Å². The van der Waals surface area contributed by atoms with Crippen molar-refractivity contribution >= 4 is 23.3 Å². The molecule has 1 aliphatic rings. The average molecular weight is 339 g/mol. The first-order valence-electron chi connectivity index (χ1n) is 8.33. The van der Waals surface area contributed by atoms with E-state index in [0.29, 0.717) is 31.6 Å². The van der Waals surface area contributed by atoms with Gasteiger partial charge in [0.25, 0.3) is 0 Å². The molecule has 1 heterocycles. The first-order valence-corrected chi connectivity index (χ1v) is 8.33. The van der Waals surface area contributed by atoms with Crippen molar-refractivity contribution in [3.05, 3.63) is 54.6 Å². The standard InChI is InChI=1S/C19H21N3O3/c23-17-9-5-4-8-16(17)21-18(24)14-10-12-22(13-11-14)19(25)20-15-6-2-1-3-7-15/h1-9,14,23H,10-13H2,(H,20,25)(H,21,24). The number of urea groups is 1. The van der Waals surface area contributed by atoms with Gasteiger partial charge in [0.15, 0.2) is 0 Å². The summed E-state index contributed by atoms with van der Waals surface area (Å²) in [5.74, 6) is -0.236. The molecule has 2 aromatic carbocycles. The van der Waals surface area contributed by atoms with Crippen LogP contribution in [0.5, 0.6) is 5.75 Å². The third-order valence-corrected chi connectivity index (χ3v) is 4.34. The fourth-order valence-corrected chi connectivity index (χ4v) is 2.88. The number of aromatic hydroxyl groups is 1. The molecule has 2 aromatic rings. The van der Waals surface area contributed by atoms with Crippen LogP contribution in [0.1, 0.15) is 12.8 Å². The lowest BCUT2D eigenvalue weighted by Gasteiger charge is -2.31. The Bertz CT molecular complexity index is 741. The highest BCUT2D eigenvalue weighted by Gasteiger charge is 2.27. The second-order valence-corrected chi connectivity index (χ2v) is 6.06. The van der Waals surface area contributed by atoms with Crippen molar-refractivity contribution in [1.29, 1.82) is 0 Å². The van der Waals surface area contributed by atoms with Gasteiger partial charge in [-0.05, 0) is 37.1 Å². The number of likely N-dealkylation sites (tertiary alicyclic amines) is 1. The number of phenolic OH excluding ortho intramolecular Hbond substituents is 1. The second kappa shape index (κ2) is 7.70. The van der Waals surface area contributed by atoms with Crippen LogP contribution in [0.3, 0.4) is 0 Å². The largest absolute Gasteiger partial charge is 0.506 e. The highest BCUT2D eigenvalue weighted by molar-refractivity contribution is 5.94. The van der Waals surface area contributed by atoms with Crippen molar-refractivity contribution in [3.8, 4) is 5.75 Å². The first-order chi connectivity index (χ1) is 12.1. The summed E-state index contributed by atoms with van der Waals surface area (Å²) >= 11 is 0. The Balaban J connectivity index is 1.50. The van der Waals surface area contributed by atoms with Gasteiger partial charge in [-0.3, -0.25) is 4.79 Å². The summed E-state index contributed by atoms with van der Waals surface area (Å²) in [6, 6.07) is 15.8. The lowest BCUT2D eigenvalue weighted by molar-refractivity contribution is -0.121. The summed E-state index contributed by atoms with van der Waals surface area (Å²) in [6.07, 6.45) is 1.20. The quantitative estimate of drug-likeness (QED) is 0.751. The molecular formula is C19H21N3O3. The minimum Gasteiger partial charge on any atom is -0.506 e. The maximum Gasteiger partial charge on any atom is 0.321 e. The minimum absolute atomic E-state index is 0.0514. The molecule has 6 nitrogen and oxygen atoms in total. The van der Waals surface area contributed by atoms with Crippen LogP contribution in [0.2, 0.25) is 0 Å². The van der Waals surface area contributed by atoms with E-state index in [0.717, 1.165) is 5.69 Å². The number of hydrogen-bond acceptors (Lipinski definition) is 3. The third kappa shape index (κ3) is 4.29. The second-order valence-electron chi connectivity index (χ2n) is 6.06. The monoisotopic (exact) mass is 339 g/mol. The maximum atomic E-state index is 12.3. The first kappa shape index (κ1) is 16.8. The fourth-order valence-electron chi connectivity index (χ4n) is 2.88. The molecule has 1 aliphatic heterocycles. The molecule has 0 atom stereocenters. The van der Waals surface area contributed by atoms with Gasteiger partial charge < -0.3 is 20.6 Å². The van der Waals surface area contributed by atoms with Crippen LogP contribution < -0.4 is 10.6 Å². The van der Waals surface area contributed by atoms with Gasteiger partial charge in [0, 0.05) is 24.7 Å². The van der Waals surface area contributed by atoms with Crippen LogP contribution in [-0.2, 0) is 4.79 Å². The zero-order valence-electron chi connectivity index (χ0n) is 13.8. The fraction of sp³-hybridized carbons (Fsp3) is 0.263. The number of amides is 3. The van der Waals surface area contributed by atoms with E-state index in [1.165, 1.54) is 6.07 Å². The van der Waals surface area contributed by atoms with E-state index in [-0.39, 0.29) is 23.6 Å². The molecule has 3 rings (SSSR count). The van der Waals surface area contributed by atoms with Gasteiger partial charge in [-0.1, -0.05) is 30.3 Å². The summed E-state index contributed by atoms with van der Waals surface area (Å²) in [5.41, 5.74) is 1.17. The smallest absolute Gasteiger partial charge is 0.321 e. The van der Waals surface area contributed by atoms with Crippen LogP contribution in [0.25, 0.3) is 0 Å². The zero-order valence-corrected chi connectivity index (χ0v) is 13.8. The number of rotatable bonds is 3. The van der Waals surface area contributed by atoms with Crippen molar-refractivity contribution in [2.24, 2.45) is 5.92 Å². The number of carbonyl (C=O) groups is 2. The van der Waals surface area contributed by atoms with Crippen molar-refractivity contribution in [2.45, 2.75) is 12.8 Å². The van der Waals surface area contributed by atoms with E-state index in [2.05, 4.69) is 10.6 Å². The van der Waals surface area contributed by atoms with Crippen molar-refractivity contribution in [3.63, 3.8) is 0 Å². The Morgan fingerprint density at radius 3 is 2.24 bits per heavy atom. The lowest BCUT2D eigenvalue weighted by Crippen LogP contribution is -2.43. The Labute approximate surface area is 146 Å². The molecule has 0 saturated carbocycles. The van der Waals surface area contributed by atoms with Gasteiger partial charge >= 0.3 is 6.03 Å². The zero-order chi connectivity index (χ0) is 17.6. The van der Waals surface area contributed by atoms with Crippen LogP contribution in [0.4, 0.5) is 16.2 Å². The van der Waals surface area contributed by atoms with Gasteiger partial charge in [0.05, 0.1) is 5.69 Å². The molecule has 25 heavy (non-hydrogen) atoms. The van der Waals surface area contributed by atoms with Gasteiger partial charge in [0.2, 0.25) is 5.91 Å². The number of anilines is 2. The maximum absolute atomic E-state index is 12.3. The third-order valence-electron chi connectivity index (χ3n) is 4.34. The van der Waals surface area contributed by atoms with E-state index in [1.54, 1.807) is 23.1 Å². The minimum atomic E-state index is -0.166. The summed E-state index contributed by atoms with van der Waals surface area (Å²) in [5, 5.41) is 15.3. The number of nitrogens with zero attached hydrogens (tertiary/aromatic N) is 1. The Morgan fingerprint density at radius 2 is 1.56 bits per heavy atom. The highest BCUT2D eigenvalue weighted by atomic mass is 16.3. The Kier molecular flexibility index (Phi) is 5.18. The van der Waals surface area contributed by atoms with Crippen LogP contribution >= 0.6 is 0 Å². The van der Waals surface area contributed by atoms with E-state index < -0.39 is 0 Å². The summed E-state index contributed by atoms with van der Waals surface area (Å²) < 4.78 is 0. The van der Waals surface area contributed by atoms with Gasteiger partial charge in [-0.15, -0.1) is 0 Å². The predicted octanol–water partition coefficient (Wildman–Crippen LogP) is 3.27. The summed E-state index contributed by atoms with van der Waals surface area (Å²) in [4.78, 5) is 26.3. The molecule has 6 heteroatoms. The lowest BCUT2D eigenvalue weighted by atomic mass is 9.96. The average Bonchev–Trinajstić information content (AvgIpc) is 2.64. The Hall–Kier alpha value is -3.02. The number of hydrogen-bond donors (Lipinski definition) is 3. The molecule has 0 aromatic heterocycles. The number of benzene rings is 2. The van der Waals surface area contributed by atoms with Crippen LogP contribution in [-0.4, -0.2) is 35.0 Å². The van der Waals surface area contributed by atoms with E-state index in [9.17, 15) is 14.7 Å². The molecular weight excluding hydrogens is 318 g/mol. The van der Waals surface area contributed by atoms with E-state index in [4.69, 9.17) is 0 Å². The molecule has 0 unspecified atom stereocenters. The van der Waals surface area contributed by atoms with Crippen LogP contribution in [0, 0.1) is 5.92 Å². The topological polar surface area (TPSA) is 81.7 Å². The number of phenols is 1. The molecule has 0 spiro atoms. The molecule has 3 N–H and O–H groups in total. The molecule has 0 radical (unpaired) electrons. The number of nitrogens with one attached hydrogen (secondary N) is 2. The SMILES string of the molecule is O=C(Nc1ccccc1O)C1CCN(C(=O)Nc2ccccc2)CC1. The number of piperidine rings is 1. The van der Waals surface area contributed by atoms with Gasteiger partial charge in [-0.2, -0.15) is 0 Å². The van der Waals surface area contributed by atoms with Gasteiger partial charge in [-0.25, -0.2) is 4.79 Å².